The third kappa shape index (κ3) is 3.02. The molecule has 3 rings (SSSR count). The Kier molecular flexibility index (Phi) is 4.24. The van der Waals surface area contributed by atoms with Gasteiger partial charge in [0.15, 0.2) is 11.5 Å². The van der Waals surface area contributed by atoms with E-state index in [1.807, 2.05) is 48.5 Å². The molecule has 0 radical (unpaired) electrons. The van der Waals surface area contributed by atoms with Gasteiger partial charge in [0.2, 0.25) is 5.91 Å². The Bertz CT molecular complexity index is 693. The number of benzene rings is 2. The van der Waals surface area contributed by atoms with E-state index in [2.05, 4.69) is 5.32 Å². The molecule has 0 saturated heterocycles. The normalized spacial score (nSPS) is 14.9. The van der Waals surface area contributed by atoms with Crippen molar-refractivity contribution in [2.75, 3.05) is 14.2 Å². The van der Waals surface area contributed by atoms with Crippen LogP contribution >= 0.6 is 0 Å². The number of ether oxygens (including phenoxy) is 2. The second kappa shape index (κ2) is 6.32. The van der Waals surface area contributed by atoms with Crippen molar-refractivity contribution in [2.45, 2.75) is 24.8 Å². The van der Waals surface area contributed by atoms with Crippen LogP contribution in [0.2, 0.25) is 0 Å². The molecule has 4 heteroatoms. The van der Waals surface area contributed by atoms with Gasteiger partial charge in [0.1, 0.15) is 0 Å². The van der Waals surface area contributed by atoms with Gasteiger partial charge in [-0.05, 0) is 36.1 Å². The molecule has 0 atom stereocenters. The fraction of sp³-hybridized carbons (Fsp3) is 0.316. The Morgan fingerprint density at radius 1 is 1.04 bits per heavy atom. The van der Waals surface area contributed by atoms with Crippen LogP contribution in [0.15, 0.2) is 48.5 Å². The number of hydrogen-bond donors (Lipinski definition) is 1. The molecule has 23 heavy (non-hydrogen) atoms. The minimum absolute atomic E-state index is 0.0958. The van der Waals surface area contributed by atoms with E-state index in [1.54, 1.807) is 14.2 Å². The lowest BCUT2D eigenvalue weighted by Crippen LogP contribution is -2.34. The van der Waals surface area contributed by atoms with E-state index in [4.69, 9.17) is 9.47 Å². The Balaban J connectivity index is 1.68. The monoisotopic (exact) mass is 311 g/mol. The van der Waals surface area contributed by atoms with Crippen LogP contribution < -0.4 is 14.8 Å². The lowest BCUT2D eigenvalue weighted by Gasteiger charge is -2.16. The molecular formula is C19H21NO3. The summed E-state index contributed by atoms with van der Waals surface area (Å²) in [7, 11) is 3.21. The van der Waals surface area contributed by atoms with Crippen molar-refractivity contribution in [2.24, 2.45) is 0 Å². The first kappa shape index (κ1) is 15.4. The van der Waals surface area contributed by atoms with E-state index in [1.165, 1.54) is 0 Å². The molecule has 0 aliphatic heterocycles. The molecule has 1 saturated carbocycles. The van der Waals surface area contributed by atoms with Gasteiger partial charge in [0.05, 0.1) is 19.6 Å². The molecule has 1 amide bonds. The van der Waals surface area contributed by atoms with E-state index < -0.39 is 0 Å². The Hall–Kier alpha value is -2.49. The molecular weight excluding hydrogens is 290 g/mol. The van der Waals surface area contributed by atoms with Crippen molar-refractivity contribution in [3.8, 4) is 11.5 Å². The standard InChI is InChI=1S/C19H21NO3/c1-22-16-9-8-14(12-17(16)23-2)13-20-18(21)19(10-11-19)15-6-4-3-5-7-15/h3-9,12H,10-11,13H2,1-2H3,(H,20,21). The summed E-state index contributed by atoms with van der Waals surface area (Å²) in [5.74, 6) is 1.45. The lowest BCUT2D eigenvalue weighted by atomic mass is 9.95. The molecule has 0 aromatic heterocycles. The SMILES string of the molecule is COc1ccc(CNC(=O)C2(c3ccccc3)CC2)cc1OC. The van der Waals surface area contributed by atoms with Crippen molar-refractivity contribution in [1.29, 1.82) is 0 Å². The fourth-order valence-electron chi connectivity index (χ4n) is 2.87. The Morgan fingerprint density at radius 3 is 2.35 bits per heavy atom. The summed E-state index contributed by atoms with van der Waals surface area (Å²) in [5, 5.41) is 3.05. The minimum atomic E-state index is -0.335. The van der Waals surface area contributed by atoms with Gasteiger partial charge in [0, 0.05) is 6.54 Å². The third-order valence-corrected chi connectivity index (χ3v) is 4.41. The summed E-state index contributed by atoms with van der Waals surface area (Å²) in [6.07, 6.45) is 1.82. The molecule has 2 aromatic carbocycles. The molecule has 120 valence electrons. The largest absolute Gasteiger partial charge is 0.493 e. The van der Waals surface area contributed by atoms with Crippen molar-refractivity contribution in [3.05, 3.63) is 59.7 Å². The van der Waals surface area contributed by atoms with Crippen LogP contribution in [0.25, 0.3) is 0 Å². The van der Waals surface area contributed by atoms with Gasteiger partial charge in [-0.2, -0.15) is 0 Å². The molecule has 1 N–H and O–H groups in total. The van der Waals surface area contributed by atoms with Crippen LogP contribution in [0, 0.1) is 0 Å². The summed E-state index contributed by atoms with van der Waals surface area (Å²) in [5.41, 5.74) is 1.75. The van der Waals surface area contributed by atoms with Crippen LogP contribution in [-0.4, -0.2) is 20.1 Å². The number of amides is 1. The van der Waals surface area contributed by atoms with Crippen molar-refractivity contribution in [3.63, 3.8) is 0 Å². The third-order valence-electron chi connectivity index (χ3n) is 4.41. The van der Waals surface area contributed by atoms with Gasteiger partial charge >= 0.3 is 0 Å². The van der Waals surface area contributed by atoms with E-state index in [0.717, 1.165) is 24.0 Å². The van der Waals surface area contributed by atoms with Crippen LogP contribution in [0.5, 0.6) is 11.5 Å². The molecule has 1 fully saturated rings. The van der Waals surface area contributed by atoms with Gasteiger partial charge in [-0.25, -0.2) is 0 Å². The maximum absolute atomic E-state index is 12.6. The molecule has 0 bridgehead atoms. The van der Waals surface area contributed by atoms with Gasteiger partial charge in [-0.1, -0.05) is 36.4 Å². The summed E-state index contributed by atoms with van der Waals surface area (Å²) in [6, 6.07) is 15.7. The zero-order chi connectivity index (χ0) is 16.3. The first-order chi connectivity index (χ1) is 11.2. The molecule has 4 nitrogen and oxygen atoms in total. The highest BCUT2D eigenvalue weighted by Crippen LogP contribution is 2.48. The van der Waals surface area contributed by atoms with Crippen molar-refractivity contribution >= 4 is 5.91 Å². The number of hydrogen-bond acceptors (Lipinski definition) is 3. The van der Waals surface area contributed by atoms with Crippen LogP contribution in [0.3, 0.4) is 0 Å². The quantitative estimate of drug-likeness (QED) is 0.892. The van der Waals surface area contributed by atoms with Crippen LogP contribution in [0.1, 0.15) is 24.0 Å². The fourth-order valence-corrected chi connectivity index (χ4v) is 2.87. The molecule has 1 aliphatic carbocycles. The summed E-state index contributed by atoms with van der Waals surface area (Å²) in [4.78, 5) is 12.6. The van der Waals surface area contributed by atoms with Crippen molar-refractivity contribution < 1.29 is 14.3 Å². The highest BCUT2D eigenvalue weighted by atomic mass is 16.5. The predicted molar refractivity (Wildman–Crippen MR) is 88.7 cm³/mol. The highest BCUT2D eigenvalue weighted by molar-refractivity contribution is 5.91. The summed E-state index contributed by atoms with van der Waals surface area (Å²) >= 11 is 0. The summed E-state index contributed by atoms with van der Waals surface area (Å²) < 4.78 is 10.5. The average molecular weight is 311 g/mol. The van der Waals surface area contributed by atoms with Gasteiger partial charge < -0.3 is 14.8 Å². The zero-order valence-electron chi connectivity index (χ0n) is 13.5. The molecule has 1 aliphatic rings. The van der Waals surface area contributed by atoms with Gasteiger partial charge in [0.25, 0.3) is 0 Å². The smallest absolute Gasteiger partial charge is 0.230 e. The molecule has 0 heterocycles. The number of methoxy groups -OCH3 is 2. The molecule has 0 unspecified atom stereocenters. The molecule has 2 aromatic rings. The second-order valence-corrected chi connectivity index (χ2v) is 5.82. The minimum Gasteiger partial charge on any atom is -0.493 e. The number of carbonyl (C=O) groups excluding carboxylic acids is 1. The maximum atomic E-state index is 12.6. The lowest BCUT2D eigenvalue weighted by molar-refractivity contribution is -0.123. The first-order valence-electron chi connectivity index (χ1n) is 7.74. The topological polar surface area (TPSA) is 47.6 Å². The Labute approximate surface area is 136 Å². The van der Waals surface area contributed by atoms with E-state index in [9.17, 15) is 4.79 Å². The predicted octanol–water partition coefficient (Wildman–Crippen LogP) is 3.05. The number of nitrogens with one attached hydrogen (secondary N) is 1. The Morgan fingerprint density at radius 2 is 1.74 bits per heavy atom. The van der Waals surface area contributed by atoms with Crippen molar-refractivity contribution in [1.82, 2.24) is 5.32 Å². The second-order valence-electron chi connectivity index (χ2n) is 5.82. The van der Waals surface area contributed by atoms with Gasteiger partial charge in [-0.15, -0.1) is 0 Å². The average Bonchev–Trinajstić information content (AvgIpc) is 3.42. The highest BCUT2D eigenvalue weighted by Gasteiger charge is 2.50. The van der Waals surface area contributed by atoms with Crippen LogP contribution in [-0.2, 0) is 16.8 Å². The van der Waals surface area contributed by atoms with Gasteiger partial charge in [-0.3, -0.25) is 4.79 Å². The summed E-state index contributed by atoms with van der Waals surface area (Å²) in [6.45, 7) is 0.480. The van der Waals surface area contributed by atoms with Crippen LogP contribution in [0.4, 0.5) is 0 Å². The number of carbonyl (C=O) groups is 1. The molecule has 0 spiro atoms. The first-order valence-corrected chi connectivity index (χ1v) is 7.74. The van der Waals surface area contributed by atoms with E-state index >= 15 is 0 Å². The maximum Gasteiger partial charge on any atom is 0.230 e. The number of rotatable bonds is 6. The zero-order valence-corrected chi connectivity index (χ0v) is 13.5. The van der Waals surface area contributed by atoms with E-state index in [0.29, 0.717) is 18.0 Å². The van der Waals surface area contributed by atoms with E-state index in [-0.39, 0.29) is 11.3 Å².